The second kappa shape index (κ2) is 10.7. The molecule has 4 heteroatoms. The van der Waals surface area contributed by atoms with Gasteiger partial charge in [-0.2, -0.15) is 0 Å². The van der Waals surface area contributed by atoms with Crippen LogP contribution in [0.25, 0.3) is 6.08 Å². The second-order valence-corrected chi connectivity index (χ2v) is 8.87. The summed E-state index contributed by atoms with van der Waals surface area (Å²) in [6.07, 6.45) is 12.8. The van der Waals surface area contributed by atoms with Gasteiger partial charge in [-0.3, -0.25) is 0 Å². The molecule has 1 saturated carbocycles. The molecule has 1 aliphatic carbocycles. The van der Waals surface area contributed by atoms with Gasteiger partial charge in [0.25, 0.3) is 0 Å². The summed E-state index contributed by atoms with van der Waals surface area (Å²) in [6.45, 7) is 4.30. The molecule has 1 aromatic rings. The zero-order chi connectivity index (χ0) is 20.7. The fraction of sp³-hybridized carbons (Fsp3) is 0.680. The van der Waals surface area contributed by atoms with Crippen LogP contribution in [0.15, 0.2) is 24.3 Å². The topological polar surface area (TPSA) is 18.5 Å². The van der Waals surface area contributed by atoms with Gasteiger partial charge in [0.15, 0.2) is 12.0 Å². The van der Waals surface area contributed by atoms with E-state index < -0.39 is 5.67 Å². The molecule has 0 aromatic heterocycles. The number of halogens is 2. The fourth-order valence-corrected chi connectivity index (χ4v) is 4.58. The van der Waals surface area contributed by atoms with Gasteiger partial charge in [0.2, 0.25) is 0 Å². The maximum atomic E-state index is 14.4. The van der Waals surface area contributed by atoms with E-state index in [9.17, 15) is 8.78 Å². The molecule has 1 heterocycles. The summed E-state index contributed by atoms with van der Waals surface area (Å²) in [5.41, 5.74) is 0.423. The number of hydrogen-bond donors (Lipinski definition) is 0. The van der Waals surface area contributed by atoms with Crippen molar-refractivity contribution in [1.29, 1.82) is 0 Å². The summed E-state index contributed by atoms with van der Waals surface area (Å²) < 4.78 is 39.5. The minimum absolute atomic E-state index is 0.106. The zero-order valence-electron chi connectivity index (χ0n) is 18.0. The quantitative estimate of drug-likeness (QED) is 0.469. The summed E-state index contributed by atoms with van der Waals surface area (Å²) in [4.78, 5) is 0. The van der Waals surface area contributed by atoms with Crippen LogP contribution in [0.3, 0.4) is 0 Å². The molecule has 0 spiro atoms. The molecule has 2 aliphatic rings. The Kier molecular flexibility index (Phi) is 8.25. The predicted octanol–water partition coefficient (Wildman–Crippen LogP) is 6.87. The molecule has 0 radical (unpaired) electrons. The van der Waals surface area contributed by atoms with E-state index in [-0.39, 0.29) is 25.3 Å². The summed E-state index contributed by atoms with van der Waals surface area (Å²) in [5.74, 6) is 1.16. The summed E-state index contributed by atoms with van der Waals surface area (Å²) in [6, 6.07) is 5.52. The molecule has 162 valence electrons. The van der Waals surface area contributed by atoms with Crippen LogP contribution in [-0.2, 0) is 15.9 Å². The van der Waals surface area contributed by atoms with Gasteiger partial charge in [-0.15, -0.1) is 0 Å². The Morgan fingerprint density at radius 1 is 1.07 bits per heavy atom. The third-order valence-corrected chi connectivity index (χ3v) is 6.47. The number of benzene rings is 1. The lowest BCUT2D eigenvalue weighted by atomic mass is 9.79. The van der Waals surface area contributed by atoms with Crippen LogP contribution in [0, 0.1) is 17.7 Å². The lowest BCUT2D eigenvalue weighted by Crippen LogP contribution is -2.44. The Morgan fingerprint density at radius 2 is 1.79 bits per heavy atom. The van der Waals surface area contributed by atoms with Crippen molar-refractivity contribution in [3.63, 3.8) is 0 Å². The van der Waals surface area contributed by atoms with E-state index in [0.29, 0.717) is 18.3 Å². The number of alkyl halides is 1. The van der Waals surface area contributed by atoms with E-state index in [1.165, 1.54) is 25.7 Å². The van der Waals surface area contributed by atoms with Crippen molar-refractivity contribution in [1.82, 2.24) is 0 Å². The Hall–Kier alpha value is -1.26. The smallest absolute Gasteiger partial charge is 0.157 e. The molecule has 0 unspecified atom stereocenters. The van der Waals surface area contributed by atoms with Crippen LogP contribution in [0.2, 0.25) is 0 Å². The highest BCUT2D eigenvalue weighted by Gasteiger charge is 2.36. The zero-order valence-corrected chi connectivity index (χ0v) is 18.0. The minimum atomic E-state index is -1.30. The van der Waals surface area contributed by atoms with Crippen molar-refractivity contribution in [2.45, 2.75) is 83.6 Å². The predicted molar refractivity (Wildman–Crippen MR) is 114 cm³/mol. The lowest BCUT2D eigenvalue weighted by Gasteiger charge is -2.35. The molecule has 2 fully saturated rings. The van der Waals surface area contributed by atoms with Crippen molar-refractivity contribution >= 4 is 6.08 Å². The molecule has 2 nitrogen and oxygen atoms in total. The van der Waals surface area contributed by atoms with Crippen LogP contribution in [0.1, 0.15) is 76.3 Å². The SMILES string of the molecule is CCCC1(F)COC(CCC2CCC(C=Cc3ccc(CC)c(F)c3)CC2)OC1. The first-order valence-corrected chi connectivity index (χ1v) is 11.4. The first kappa shape index (κ1) is 22.4. The Balaban J connectivity index is 1.36. The Labute approximate surface area is 174 Å². The van der Waals surface area contributed by atoms with Gasteiger partial charge in [0.05, 0.1) is 13.2 Å². The van der Waals surface area contributed by atoms with Crippen LogP contribution >= 0.6 is 0 Å². The van der Waals surface area contributed by atoms with Crippen LogP contribution in [0.5, 0.6) is 0 Å². The molecule has 1 aliphatic heterocycles. The van der Waals surface area contributed by atoms with Gasteiger partial charge in [-0.1, -0.05) is 44.6 Å². The average Bonchev–Trinajstić information content (AvgIpc) is 2.73. The monoisotopic (exact) mass is 406 g/mol. The van der Waals surface area contributed by atoms with E-state index in [2.05, 4.69) is 12.2 Å². The maximum Gasteiger partial charge on any atom is 0.157 e. The van der Waals surface area contributed by atoms with Crippen LogP contribution < -0.4 is 0 Å². The van der Waals surface area contributed by atoms with Crippen LogP contribution in [0.4, 0.5) is 8.78 Å². The average molecular weight is 407 g/mol. The van der Waals surface area contributed by atoms with E-state index in [1.807, 2.05) is 26.0 Å². The van der Waals surface area contributed by atoms with Gasteiger partial charge in [0.1, 0.15) is 5.82 Å². The van der Waals surface area contributed by atoms with E-state index >= 15 is 0 Å². The number of rotatable bonds is 8. The van der Waals surface area contributed by atoms with Gasteiger partial charge in [-0.25, -0.2) is 8.78 Å². The van der Waals surface area contributed by atoms with Gasteiger partial charge < -0.3 is 9.47 Å². The molecular formula is C25H36F2O2. The van der Waals surface area contributed by atoms with Crippen molar-refractivity contribution < 1.29 is 18.3 Å². The largest absolute Gasteiger partial charge is 0.349 e. The van der Waals surface area contributed by atoms with Crippen molar-refractivity contribution in [3.8, 4) is 0 Å². The normalized spacial score (nSPS) is 30.7. The summed E-state index contributed by atoms with van der Waals surface area (Å²) in [7, 11) is 0. The number of aryl methyl sites for hydroxylation is 1. The molecule has 29 heavy (non-hydrogen) atoms. The highest BCUT2D eigenvalue weighted by Crippen LogP contribution is 2.34. The van der Waals surface area contributed by atoms with E-state index in [1.54, 1.807) is 6.07 Å². The van der Waals surface area contributed by atoms with Crippen molar-refractivity contribution in [3.05, 3.63) is 41.2 Å². The molecule has 0 amide bonds. The summed E-state index contributed by atoms with van der Waals surface area (Å²) >= 11 is 0. The van der Waals surface area contributed by atoms with E-state index in [4.69, 9.17) is 9.47 Å². The molecule has 1 aromatic carbocycles. The molecular weight excluding hydrogens is 370 g/mol. The molecule has 0 N–H and O–H groups in total. The van der Waals surface area contributed by atoms with E-state index in [0.717, 1.165) is 36.8 Å². The Morgan fingerprint density at radius 3 is 2.41 bits per heavy atom. The first-order valence-electron chi connectivity index (χ1n) is 11.4. The Bertz CT molecular complexity index is 657. The van der Waals surface area contributed by atoms with Gasteiger partial charge >= 0.3 is 0 Å². The standard InChI is InChI=1S/C25H36F2O2/c1-3-15-25(27)17-28-24(29-18-25)14-12-20-7-5-19(6-8-20)9-10-21-11-13-22(4-2)23(26)16-21/h9-11,13,16,19-20,24H,3-8,12,14-15,17-18H2,1-2H3. The van der Waals surface area contributed by atoms with Gasteiger partial charge in [-0.05, 0) is 80.4 Å². The first-order chi connectivity index (χ1) is 14.0. The van der Waals surface area contributed by atoms with Crippen molar-refractivity contribution in [2.75, 3.05) is 13.2 Å². The highest BCUT2D eigenvalue weighted by molar-refractivity contribution is 5.50. The minimum Gasteiger partial charge on any atom is -0.349 e. The molecule has 1 saturated heterocycles. The van der Waals surface area contributed by atoms with Crippen molar-refractivity contribution in [2.24, 2.45) is 11.8 Å². The lowest BCUT2D eigenvalue weighted by molar-refractivity contribution is -0.237. The van der Waals surface area contributed by atoms with Crippen LogP contribution in [-0.4, -0.2) is 25.2 Å². The van der Waals surface area contributed by atoms with Gasteiger partial charge in [0, 0.05) is 0 Å². The second-order valence-electron chi connectivity index (χ2n) is 8.87. The molecule has 0 bridgehead atoms. The maximum absolute atomic E-state index is 14.4. The third-order valence-electron chi connectivity index (χ3n) is 6.47. The third kappa shape index (κ3) is 6.62. The number of hydrogen-bond acceptors (Lipinski definition) is 2. The molecule has 3 rings (SSSR count). The summed E-state index contributed by atoms with van der Waals surface area (Å²) in [5, 5.41) is 0. The highest BCUT2D eigenvalue weighted by atomic mass is 19.1. The molecule has 0 atom stereocenters. The fourth-order valence-electron chi connectivity index (χ4n) is 4.58. The number of ether oxygens (including phenoxy) is 2. The number of allylic oxidation sites excluding steroid dienone is 1.